The highest BCUT2D eigenvalue weighted by atomic mass is 35.5. The zero-order valence-electron chi connectivity index (χ0n) is 12.8. The van der Waals surface area contributed by atoms with E-state index in [0.717, 1.165) is 36.8 Å². The summed E-state index contributed by atoms with van der Waals surface area (Å²) in [4.78, 5) is 2.55. The van der Waals surface area contributed by atoms with E-state index in [1.165, 1.54) is 32.1 Å². The predicted molar refractivity (Wildman–Crippen MR) is 95.2 cm³/mol. The second kappa shape index (κ2) is 7.72. The van der Waals surface area contributed by atoms with Gasteiger partial charge in [-0.2, -0.15) is 0 Å². The van der Waals surface area contributed by atoms with E-state index >= 15 is 0 Å². The van der Waals surface area contributed by atoms with Crippen LogP contribution in [0.15, 0.2) is 12.1 Å². The maximum absolute atomic E-state index is 6.57. The second-order valence-corrected chi connectivity index (χ2v) is 7.58. The van der Waals surface area contributed by atoms with Crippen LogP contribution < -0.4 is 5.32 Å². The number of hydrogen-bond acceptors (Lipinski definition) is 2. The van der Waals surface area contributed by atoms with Gasteiger partial charge >= 0.3 is 0 Å². The van der Waals surface area contributed by atoms with Gasteiger partial charge in [0.2, 0.25) is 0 Å². The van der Waals surface area contributed by atoms with Gasteiger partial charge in [-0.3, -0.25) is 4.90 Å². The van der Waals surface area contributed by atoms with Crippen molar-refractivity contribution in [2.75, 3.05) is 26.2 Å². The molecule has 22 heavy (non-hydrogen) atoms. The minimum Gasteiger partial charge on any atom is -0.314 e. The van der Waals surface area contributed by atoms with Crippen LogP contribution in [0.5, 0.6) is 0 Å². The van der Waals surface area contributed by atoms with Gasteiger partial charge in [-0.15, -0.1) is 0 Å². The van der Waals surface area contributed by atoms with E-state index < -0.39 is 0 Å². The molecular formula is C17H23Cl3N2. The maximum Gasteiger partial charge on any atom is 0.0655 e. The molecule has 1 aromatic carbocycles. The molecule has 1 aromatic rings. The highest BCUT2D eigenvalue weighted by Crippen LogP contribution is 2.45. The minimum absolute atomic E-state index is 0.293. The molecule has 1 aliphatic carbocycles. The molecule has 1 atom stereocenters. The van der Waals surface area contributed by atoms with Gasteiger partial charge in [0.1, 0.15) is 0 Å². The average Bonchev–Trinajstić information content (AvgIpc) is 2.57. The Labute approximate surface area is 148 Å². The molecular weight excluding hydrogens is 339 g/mol. The number of rotatable bonds is 3. The van der Waals surface area contributed by atoms with Crippen molar-refractivity contribution in [2.45, 2.75) is 38.1 Å². The standard InChI is InChI=1S/C17H23Cl3N2/c18-13-6-7-14(19)16(20)15(13)17(12-4-2-1-3-5-12)22-10-8-21-9-11-22/h6-7,12,17,21H,1-5,8-11H2/t17-/m0/s1. The van der Waals surface area contributed by atoms with Gasteiger partial charge in [-0.1, -0.05) is 54.1 Å². The topological polar surface area (TPSA) is 15.3 Å². The van der Waals surface area contributed by atoms with Crippen LogP contribution in [0.3, 0.4) is 0 Å². The van der Waals surface area contributed by atoms with Gasteiger partial charge in [-0.25, -0.2) is 0 Å². The van der Waals surface area contributed by atoms with Gasteiger partial charge in [0.05, 0.1) is 10.0 Å². The monoisotopic (exact) mass is 360 g/mol. The molecule has 1 saturated carbocycles. The third kappa shape index (κ3) is 3.57. The summed E-state index contributed by atoms with van der Waals surface area (Å²) >= 11 is 19.4. The summed E-state index contributed by atoms with van der Waals surface area (Å²) in [6.45, 7) is 4.14. The summed E-state index contributed by atoms with van der Waals surface area (Å²) in [5, 5.41) is 5.43. The van der Waals surface area contributed by atoms with Crippen LogP contribution in [-0.4, -0.2) is 31.1 Å². The van der Waals surface area contributed by atoms with Crippen LogP contribution >= 0.6 is 34.8 Å². The molecule has 5 heteroatoms. The van der Waals surface area contributed by atoms with E-state index in [1.54, 1.807) is 6.07 Å². The van der Waals surface area contributed by atoms with Crippen LogP contribution in [0, 0.1) is 5.92 Å². The first-order chi connectivity index (χ1) is 10.7. The lowest BCUT2D eigenvalue weighted by Crippen LogP contribution is -2.47. The van der Waals surface area contributed by atoms with Crippen molar-refractivity contribution >= 4 is 34.8 Å². The lowest BCUT2D eigenvalue weighted by molar-refractivity contribution is 0.103. The second-order valence-electron chi connectivity index (χ2n) is 6.39. The van der Waals surface area contributed by atoms with Crippen molar-refractivity contribution in [1.29, 1.82) is 0 Å². The molecule has 2 aliphatic rings. The van der Waals surface area contributed by atoms with Gasteiger partial charge in [-0.05, 0) is 30.9 Å². The van der Waals surface area contributed by atoms with Crippen LogP contribution in [0.1, 0.15) is 43.7 Å². The molecule has 3 rings (SSSR count). The fraction of sp³-hybridized carbons (Fsp3) is 0.647. The molecule has 0 spiro atoms. The van der Waals surface area contributed by atoms with Crippen LogP contribution in [0.2, 0.25) is 15.1 Å². The molecule has 1 saturated heterocycles. The minimum atomic E-state index is 0.293. The molecule has 0 unspecified atom stereocenters. The van der Waals surface area contributed by atoms with E-state index in [1.807, 2.05) is 6.07 Å². The number of halogens is 3. The van der Waals surface area contributed by atoms with Crippen molar-refractivity contribution in [3.63, 3.8) is 0 Å². The Morgan fingerprint density at radius 1 is 0.955 bits per heavy atom. The van der Waals surface area contributed by atoms with Gasteiger partial charge < -0.3 is 5.32 Å². The predicted octanol–water partition coefficient (Wildman–Crippen LogP) is 5.17. The highest BCUT2D eigenvalue weighted by Gasteiger charge is 2.34. The molecule has 0 aromatic heterocycles. The smallest absolute Gasteiger partial charge is 0.0655 e. The summed E-state index contributed by atoms with van der Waals surface area (Å²) < 4.78 is 0. The Hall–Kier alpha value is 0.01000. The van der Waals surface area contributed by atoms with Crippen LogP contribution in [0.25, 0.3) is 0 Å². The summed E-state index contributed by atoms with van der Waals surface area (Å²) in [5.41, 5.74) is 1.05. The quantitative estimate of drug-likeness (QED) is 0.747. The zero-order valence-corrected chi connectivity index (χ0v) is 15.0. The van der Waals surface area contributed by atoms with Gasteiger partial charge in [0.15, 0.2) is 0 Å². The summed E-state index contributed by atoms with van der Waals surface area (Å²) in [5.74, 6) is 0.625. The maximum atomic E-state index is 6.57. The number of nitrogens with zero attached hydrogens (tertiary/aromatic N) is 1. The van der Waals surface area contributed by atoms with Gasteiger partial charge in [0.25, 0.3) is 0 Å². The number of hydrogen-bond donors (Lipinski definition) is 1. The van der Waals surface area contributed by atoms with Crippen molar-refractivity contribution < 1.29 is 0 Å². The molecule has 0 bridgehead atoms. The van der Waals surface area contributed by atoms with Crippen molar-refractivity contribution in [2.24, 2.45) is 5.92 Å². The van der Waals surface area contributed by atoms with Crippen molar-refractivity contribution in [3.05, 3.63) is 32.8 Å². The zero-order chi connectivity index (χ0) is 15.5. The largest absolute Gasteiger partial charge is 0.314 e. The number of piperazine rings is 1. The molecule has 0 radical (unpaired) electrons. The van der Waals surface area contributed by atoms with E-state index in [0.29, 0.717) is 22.0 Å². The summed E-state index contributed by atoms with van der Waals surface area (Å²) in [6, 6.07) is 3.98. The van der Waals surface area contributed by atoms with E-state index in [4.69, 9.17) is 34.8 Å². The lowest BCUT2D eigenvalue weighted by atomic mass is 9.80. The van der Waals surface area contributed by atoms with Crippen LogP contribution in [0.4, 0.5) is 0 Å². The summed E-state index contributed by atoms with van der Waals surface area (Å²) in [6.07, 6.45) is 6.48. The first-order valence-electron chi connectivity index (χ1n) is 8.26. The molecule has 2 fully saturated rings. The van der Waals surface area contributed by atoms with E-state index in [9.17, 15) is 0 Å². The summed E-state index contributed by atoms with van der Waals surface area (Å²) in [7, 11) is 0. The van der Waals surface area contributed by atoms with E-state index in [-0.39, 0.29) is 0 Å². The fourth-order valence-corrected chi connectivity index (χ4v) is 4.70. The fourth-order valence-electron chi connectivity index (χ4n) is 3.94. The molecule has 1 heterocycles. The normalized spacial score (nSPS) is 22.7. The third-order valence-corrected chi connectivity index (χ3v) is 6.17. The first-order valence-corrected chi connectivity index (χ1v) is 9.40. The van der Waals surface area contributed by atoms with Crippen molar-refractivity contribution in [1.82, 2.24) is 10.2 Å². The Balaban J connectivity index is 1.98. The lowest BCUT2D eigenvalue weighted by Gasteiger charge is -2.42. The molecule has 1 N–H and O–H groups in total. The average molecular weight is 362 g/mol. The number of benzene rings is 1. The Kier molecular flexibility index (Phi) is 5.91. The van der Waals surface area contributed by atoms with Crippen molar-refractivity contribution in [3.8, 4) is 0 Å². The Bertz CT molecular complexity index is 491. The molecule has 2 nitrogen and oxygen atoms in total. The Morgan fingerprint density at radius 2 is 1.59 bits per heavy atom. The Morgan fingerprint density at radius 3 is 2.27 bits per heavy atom. The highest BCUT2D eigenvalue weighted by molar-refractivity contribution is 6.44. The third-order valence-electron chi connectivity index (χ3n) is 5.02. The SMILES string of the molecule is Clc1ccc(Cl)c([C@H](C2CCCCC2)N2CCNCC2)c1Cl. The van der Waals surface area contributed by atoms with Gasteiger partial charge in [0, 0.05) is 42.8 Å². The number of nitrogens with one attached hydrogen (secondary N) is 1. The molecule has 0 amide bonds. The van der Waals surface area contributed by atoms with E-state index in [2.05, 4.69) is 10.2 Å². The van der Waals surface area contributed by atoms with Crippen LogP contribution in [-0.2, 0) is 0 Å². The molecule has 122 valence electrons. The molecule has 1 aliphatic heterocycles. The first kappa shape index (κ1) is 16.9.